The van der Waals surface area contributed by atoms with Crippen LogP contribution in [-0.4, -0.2) is 13.1 Å². The molecule has 0 amide bonds. The van der Waals surface area contributed by atoms with E-state index in [1.54, 1.807) is 0 Å². The lowest BCUT2D eigenvalue weighted by molar-refractivity contribution is 0.199. The second-order valence-corrected chi connectivity index (χ2v) is 6.73. The summed E-state index contributed by atoms with van der Waals surface area (Å²) in [5.74, 6) is 0.565. The van der Waals surface area contributed by atoms with E-state index >= 15 is 0 Å². The summed E-state index contributed by atoms with van der Waals surface area (Å²) in [5, 5.41) is 0. The van der Waals surface area contributed by atoms with E-state index in [-0.39, 0.29) is 0 Å². The smallest absolute Gasteiger partial charge is 0.0485 e. The Morgan fingerprint density at radius 1 is 1.21 bits per heavy atom. The van der Waals surface area contributed by atoms with Crippen LogP contribution in [0.4, 0.5) is 5.69 Å². The van der Waals surface area contributed by atoms with E-state index in [1.165, 1.54) is 50.0 Å². The number of anilines is 1. The quantitative estimate of drug-likeness (QED) is 0.643. The van der Waals surface area contributed by atoms with Crippen molar-refractivity contribution in [3.63, 3.8) is 0 Å². The van der Waals surface area contributed by atoms with Crippen molar-refractivity contribution in [1.29, 1.82) is 0 Å². The molecule has 0 saturated carbocycles. The number of nitrogens with zero attached hydrogens (tertiary/aromatic N) is 1. The van der Waals surface area contributed by atoms with Crippen LogP contribution in [0.1, 0.15) is 45.1 Å². The van der Waals surface area contributed by atoms with Gasteiger partial charge in [-0.05, 0) is 36.0 Å². The zero-order chi connectivity index (χ0) is 13.9. The van der Waals surface area contributed by atoms with Gasteiger partial charge in [-0.1, -0.05) is 48.7 Å². The minimum Gasteiger partial charge on any atom is -0.371 e. The van der Waals surface area contributed by atoms with Crippen LogP contribution in [0.2, 0.25) is 0 Å². The van der Waals surface area contributed by atoms with Crippen LogP contribution in [0, 0.1) is 5.41 Å². The number of piperidine rings is 1. The van der Waals surface area contributed by atoms with Crippen molar-refractivity contribution in [1.82, 2.24) is 0 Å². The second kappa shape index (κ2) is 6.49. The average molecular weight is 345 g/mol. The summed E-state index contributed by atoms with van der Waals surface area (Å²) in [6, 6.07) is 6.55. The molecule has 1 aromatic carbocycles. The molecular formula is C16H23BrClN. The van der Waals surface area contributed by atoms with E-state index in [0.29, 0.717) is 11.3 Å². The Hall–Kier alpha value is -0.210. The molecule has 106 valence electrons. The molecule has 0 spiro atoms. The molecule has 1 aliphatic heterocycles. The molecule has 0 unspecified atom stereocenters. The van der Waals surface area contributed by atoms with Gasteiger partial charge in [0.25, 0.3) is 0 Å². The topological polar surface area (TPSA) is 3.24 Å². The normalized spacial score (nSPS) is 18.6. The highest BCUT2D eigenvalue weighted by molar-refractivity contribution is 9.10. The van der Waals surface area contributed by atoms with Gasteiger partial charge in [0.15, 0.2) is 0 Å². The van der Waals surface area contributed by atoms with Gasteiger partial charge in [0.1, 0.15) is 0 Å². The van der Waals surface area contributed by atoms with Gasteiger partial charge in [-0.25, -0.2) is 0 Å². The summed E-state index contributed by atoms with van der Waals surface area (Å²) in [6.45, 7) is 7.03. The van der Waals surface area contributed by atoms with Gasteiger partial charge in [0, 0.05) is 29.1 Å². The van der Waals surface area contributed by atoms with E-state index in [4.69, 9.17) is 11.6 Å². The maximum atomic E-state index is 5.90. The minimum atomic E-state index is 0.565. The predicted octanol–water partition coefficient (Wildman–Crippen LogP) is 5.59. The molecule has 0 bridgehead atoms. The predicted molar refractivity (Wildman–Crippen MR) is 88.2 cm³/mol. The van der Waals surface area contributed by atoms with Crippen LogP contribution in [-0.2, 0) is 5.88 Å². The van der Waals surface area contributed by atoms with Gasteiger partial charge in [0.05, 0.1) is 0 Å². The van der Waals surface area contributed by atoms with Crippen LogP contribution in [0.25, 0.3) is 0 Å². The number of hydrogen-bond donors (Lipinski definition) is 0. The number of alkyl halides is 1. The highest BCUT2D eigenvalue weighted by Gasteiger charge is 2.31. The largest absolute Gasteiger partial charge is 0.371 e. The molecule has 0 aromatic heterocycles. The first kappa shape index (κ1) is 15.2. The lowest BCUT2D eigenvalue weighted by Crippen LogP contribution is -2.39. The fraction of sp³-hybridized carbons (Fsp3) is 0.625. The summed E-state index contributed by atoms with van der Waals surface area (Å²) in [7, 11) is 0. The zero-order valence-electron chi connectivity index (χ0n) is 11.9. The number of halogens is 2. The van der Waals surface area contributed by atoms with E-state index < -0.39 is 0 Å². The maximum Gasteiger partial charge on any atom is 0.0485 e. The second-order valence-electron chi connectivity index (χ2n) is 5.60. The Bertz CT molecular complexity index is 419. The summed E-state index contributed by atoms with van der Waals surface area (Å²) in [6.07, 6.45) is 5.25. The van der Waals surface area contributed by atoms with Crippen LogP contribution >= 0.6 is 27.5 Å². The Balaban J connectivity index is 2.07. The molecule has 1 aromatic rings. The molecule has 0 aliphatic carbocycles. The molecule has 19 heavy (non-hydrogen) atoms. The minimum absolute atomic E-state index is 0.565. The van der Waals surface area contributed by atoms with Gasteiger partial charge in [0.2, 0.25) is 0 Å². The molecular weight excluding hydrogens is 322 g/mol. The molecule has 1 nitrogen and oxygen atoms in total. The van der Waals surface area contributed by atoms with E-state index in [0.717, 1.165) is 4.47 Å². The molecule has 0 N–H and O–H groups in total. The van der Waals surface area contributed by atoms with Crippen molar-refractivity contribution < 1.29 is 0 Å². The molecule has 1 saturated heterocycles. The highest BCUT2D eigenvalue weighted by atomic mass is 79.9. The molecule has 3 heteroatoms. The third-order valence-electron chi connectivity index (χ3n) is 4.87. The van der Waals surface area contributed by atoms with Gasteiger partial charge in [-0.3, -0.25) is 0 Å². The fourth-order valence-electron chi connectivity index (χ4n) is 3.04. The summed E-state index contributed by atoms with van der Waals surface area (Å²) in [4.78, 5) is 2.51. The fourth-order valence-corrected chi connectivity index (χ4v) is 3.94. The Morgan fingerprint density at radius 2 is 1.84 bits per heavy atom. The van der Waals surface area contributed by atoms with Crippen molar-refractivity contribution in [2.45, 2.75) is 45.4 Å². The number of benzene rings is 1. The summed E-state index contributed by atoms with van der Waals surface area (Å²) >= 11 is 9.51. The van der Waals surface area contributed by atoms with Crippen LogP contribution < -0.4 is 4.90 Å². The van der Waals surface area contributed by atoms with E-state index in [1.807, 2.05) is 0 Å². The van der Waals surface area contributed by atoms with Crippen molar-refractivity contribution in [3.05, 3.63) is 28.2 Å². The Kier molecular flexibility index (Phi) is 5.19. The first-order chi connectivity index (χ1) is 9.14. The molecule has 2 rings (SSSR count). The Labute approximate surface area is 130 Å². The van der Waals surface area contributed by atoms with Crippen molar-refractivity contribution >= 4 is 33.2 Å². The van der Waals surface area contributed by atoms with Gasteiger partial charge < -0.3 is 4.90 Å². The molecule has 1 heterocycles. The molecule has 1 fully saturated rings. The van der Waals surface area contributed by atoms with Crippen molar-refractivity contribution in [3.8, 4) is 0 Å². The number of rotatable bonds is 4. The SMILES string of the molecule is CCC1(CC)CCN(c2ccc(CCl)c(Br)c2)CC1. The maximum absolute atomic E-state index is 5.90. The first-order valence-corrected chi connectivity index (χ1v) is 8.56. The van der Waals surface area contributed by atoms with Crippen LogP contribution in [0.5, 0.6) is 0 Å². The Morgan fingerprint density at radius 3 is 2.32 bits per heavy atom. The highest BCUT2D eigenvalue weighted by Crippen LogP contribution is 2.39. The molecule has 0 atom stereocenters. The van der Waals surface area contributed by atoms with Gasteiger partial charge in [-0.15, -0.1) is 11.6 Å². The third-order valence-corrected chi connectivity index (χ3v) is 5.90. The monoisotopic (exact) mass is 343 g/mol. The van der Waals surface area contributed by atoms with Crippen molar-refractivity contribution in [2.75, 3.05) is 18.0 Å². The first-order valence-electron chi connectivity index (χ1n) is 7.23. The van der Waals surface area contributed by atoms with Crippen LogP contribution in [0.3, 0.4) is 0 Å². The lowest BCUT2D eigenvalue weighted by atomic mass is 9.74. The molecule has 0 radical (unpaired) electrons. The van der Waals surface area contributed by atoms with E-state index in [9.17, 15) is 0 Å². The molecule has 1 aliphatic rings. The summed E-state index contributed by atoms with van der Waals surface area (Å²) < 4.78 is 1.13. The number of hydrogen-bond acceptors (Lipinski definition) is 1. The third kappa shape index (κ3) is 3.28. The van der Waals surface area contributed by atoms with Crippen molar-refractivity contribution in [2.24, 2.45) is 5.41 Å². The van der Waals surface area contributed by atoms with E-state index in [2.05, 4.69) is 52.9 Å². The van der Waals surface area contributed by atoms with Gasteiger partial charge in [-0.2, -0.15) is 0 Å². The zero-order valence-corrected chi connectivity index (χ0v) is 14.2. The average Bonchev–Trinajstić information content (AvgIpc) is 2.47. The lowest BCUT2D eigenvalue weighted by Gasteiger charge is -2.42. The van der Waals surface area contributed by atoms with Gasteiger partial charge >= 0.3 is 0 Å². The van der Waals surface area contributed by atoms with Crippen LogP contribution in [0.15, 0.2) is 22.7 Å². The standard InChI is InChI=1S/C16H23BrClN/c1-3-16(4-2)7-9-19(10-8-16)14-6-5-13(12-18)15(17)11-14/h5-6,11H,3-4,7-10,12H2,1-2H3. The summed E-state index contributed by atoms with van der Waals surface area (Å²) in [5.41, 5.74) is 3.07.